The molecule has 1 aliphatic rings. The fraction of sp³-hybridized carbons (Fsp3) is 0.357. The van der Waals surface area contributed by atoms with Crippen LogP contribution in [-0.4, -0.2) is 62.1 Å². The maximum absolute atomic E-state index is 11.1. The second-order valence-electron chi connectivity index (χ2n) is 5.32. The summed E-state index contributed by atoms with van der Waals surface area (Å²) in [7, 11) is 0. The van der Waals surface area contributed by atoms with Gasteiger partial charge >= 0.3 is 5.97 Å². The standard InChI is InChI=1S/C14H13BrClNO7/c15-5-1-4-7(2-6(5)16)17-3-8(4)23-14-11(20)9(18)10(19)12(24-14)13(21)22/h1-3,9-12,14,17-20H,(H,21,22)/t9-,10+,11+,12-,14+/m0/s1. The molecule has 1 saturated heterocycles. The fourth-order valence-electron chi connectivity index (χ4n) is 2.46. The molecule has 1 fully saturated rings. The van der Waals surface area contributed by atoms with Crippen LogP contribution in [0.2, 0.25) is 5.02 Å². The molecule has 1 aromatic heterocycles. The number of H-pyrrole nitrogens is 1. The summed E-state index contributed by atoms with van der Waals surface area (Å²) in [6.07, 6.45) is -6.84. The van der Waals surface area contributed by atoms with Crippen molar-refractivity contribution >= 4 is 44.4 Å². The third kappa shape index (κ3) is 2.99. The van der Waals surface area contributed by atoms with Crippen LogP contribution < -0.4 is 4.74 Å². The molecule has 0 spiro atoms. The van der Waals surface area contributed by atoms with Crippen molar-refractivity contribution < 1.29 is 34.7 Å². The number of hydrogen-bond donors (Lipinski definition) is 5. The van der Waals surface area contributed by atoms with E-state index in [1.54, 1.807) is 12.1 Å². The number of halogens is 2. The Morgan fingerprint density at radius 2 is 1.96 bits per heavy atom. The van der Waals surface area contributed by atoms with Crippen molar-refractivity contribution in [1.82, 2.24) is 4.98 Å². The second-order valence-corrected chi connectivity index (χ2v) is 6.58. The summed E-state index contributed by atoms with van der Waals surface area (Å²) in [4.78, 5) is 14.0. The summed E-state index contributed by atoms with van der Waals surface area (Å²) in [5, 5.41) is 39.6. The Morgan fingerprint density at radius 1 is 1.25 bits per heavy atom. The maximum Gasteiger partial charge on any atom is 0.335 e. The Labute approximate surface area is 148 Å². The van der Waals surface area contributed by atoms with E-state index >= 15 is 0 Å². The van der Waals surface area contributed by atoms with Gasteiger partial charge in [0.1, 0.15) is 24.1 Å². The Balaban J connectivity index is 1.90. The maximum atomic E-state index is 11.1. The molecule has 0 saturated carbocycles. The normalized spacial score (nSPS) is 30.5. The number of fused-ring (bicyclic) bond motifs is 1. The lowest BCUT2D eigenvalue weighted by Crippen LogP contribution is -2.61. The zero-order valence-corrected chi connectivity index (χ0v) is 14.2. The molecule has 5 N–H and O–H groups in total. The van der Waals surface area contributed by atoms with E-state index in [0.29, 0.717) is 20.4 Å². The van der Waals surface area contributed by atoms with Crippen molar-refractivity contribution in [3.05, 3.63) is 27.8 Å². The highest BCUT2D eigenvalue weighted by molar-refractivity contribution is 9.10. The van der Waals surface area contributed by atoms with Gasteiger partial charge in [-0.2, -0.15) is 0 Å². The van der Waals surface area contributed by atoms with E-state index in [1.165, 1.54) is 6.20 Å². The quantitative estimate of drug-likeness (QED) is 0.495. The molecule has 3 rings (SSSR count). The summed E-state index contributed by atoms with van der Waals surface area (Å²) < 4.78 is 11.2. The highest BCUT2D eigenvalue weighted by Crippen LogP contribution is 2.34. The molecule has 0 amide bonds. The molecule has 5 atom stereocenters. The molecule has 0 unspecified atom stereocenters. The summed E-state index contributed by atoms with van der Waals surface area (Å²) >= 11 is 9.29. The lowest BCUT2D eigenvalue weighted by atomic mass is 9.99. The predicted molar refractivity (Wildman–Crippen MR) is 86.0 cm³/mol. The minimum atomic E-state index is -1.77. The highest BCUT2D eigenvalue weighted by Gasteiger charge is 2.48. The highest BCUT2D eigenvalue weighted by atomic mass is 79.9. The zero-order valence-electron chi connectivity index (χ0n) is 11.9. The Kier molecular flexibility index (Phi) is 4.73. The van der Waals surface area contributed by atoms with Gasteiger partial charge in [-0.05, 0) is 28.1 Å². The van der Waals surface area contributed by atoms with E-state index in [-0.39, 0.29) is 5.75 Å². The van der Waals surface area contributed by atoms with Crippen molar-refractivity contribution in [2.45, 2.75) is 30.7 Å². The topological polar surface area (TPSA) is 132 Å². The van der Waals surface area contributed by atoms with Gasteiger partial charge in [0.05, 0.1) is 10.5 Å². The number of aliphatic hydroxyl groups is 3. The number of aromatic amines is 1. The number of aliphatic hydroxyl groups excluding tert-OH is 3. The van der Waals surface area contributed by atoms with E-state index < -0.39 is 36.7 Å². The van der Waals surface area contributed by atoms with Crippen LogP contribution in [0.5, 0.6) is 5.75 Å². The molecule has 10 heteroatoms. The van der Waals surface area contributed by atoms with Gasteiger partial charge in [-0.3, -0.25) is 0 Å². The minimum absolute atomic E-state index is 0.263. The molecule has 24 heavy (non-hydrogen) atoms. The van der Waals surface area contributed by atoms with Crippen LogP contribution in [0, 0.1) is 0 Å². The number of rotatable bonds is 3. The van der Waals surface area contributed by atoms with E-state index in [2.05, 4.69) is 20.9 Å². The number of nitrogens with one attached hydrogen (secondary N) is 1. The van der Waals surface area contributed by atoms with Crippen LogP contribution in [0.1, 0.15) is 0 Å². The minimum Gasteiger partial charge on any atom is -0.479 e. The average Bonchev–Trinajstić information content (AvgIpc) is 2.90. The predicted octanol–water partition coefficient (Wildman–Crippen LogP) is 0.855. The van der Waals surface area contributed by atoms with Crippen LogP contribution in [0.25, 0.3) is 10.9 Å². The first-order valence-electron chi connectivity index (χ1n) is 6.85. The number of ether oxygens (including phenoxy) is 2. The summed E-state index contributed by atoms with van der Waals surface area (Å²) in [5.41, 5.74) is 0.652. The van der Waals surface area contributed by atoms with Crippen LogP contribution >= 0.6 is 27.5 Å². The average molecular weight is 423 g/mol. The van der Waals surface area contributed by atoms with Gasteiger partial charge in [-0.1, -0.05) is 11.6 Å². The SMILES string of the molecule is O=C(O)[C@H]1O[C@@H](Oc2c[nH]c3cc(Cl)c(Br)cc23)[C@H](O)[C@@H](O)[C@H]1O. The van der Waals surface area contributed by atoms with Crippen molar-refractivity contribution in [1.29, 1.82) is 0 Å². The fourth-order valence-corrected chi connectivity index (χ4v) is 2.97. The summed E-state index contributed by atoms with van der Waals surface area (Å²) in [6.45, 7) is 0. The Hall–Kier alpha value is -1.36. The van der Waals surface area contributed by atoms with E-state index in [0.717, 1.165) is 0 Å². The first-order chi connectivity index (χ1) is 11.3. The van der Waals surface area contributed by atoms with E-state index in [1.807, 2.05) is 0 Å². The molecule has 8 nitrogen and oxygen atoms in total. The Bertz CT molecular complexity index is 782. The third-order valence-corrected chi connectivity index (χ3v) is 4.94. The van der Waals surface area contributed by atoms with Crippen molar-refractivity contribution in [2.24, 2.45) is 0 Å². The number of aromatic nitrogens is 1. The van der Waals surface area contributed by atoms with Crippen LogP contribution in [-0.2, 0) is 9.53 Å². The molecule has 2 aromatic rings. The van der Waals surface area contributed by atoms with Gasteiger partial charge in [-0.15, -0.1) is 0 Å². The zero-order chi connectivity index (χ0) is 17.6. The first kappa shape index (κ1) is 17.5. The number of hydrogen-bond acceptors (Lipinski definition) is 6. The summed E-state index contributed by atoms with van der Waals surface area (Å²) in [5.74, 6) is -1.21. The molecule has 130 valence electrons. The van der Waals surface area contributed by atoms with E-state index in [4.69, 9.17) is 26.2 Å². The second kappa shape index (κ2) is 6.51. The summed E-state index contributed by atoms with van der Waals surface area (Å²) in [6, 6.07) is 3.34. The molecule has 1 aliphatic heterocycles. The number of carboxylic acid groups (broad SMARTS) is 1. The van der Waals surface area contributed by atoms with Gasteiger partial charge in [0.25, 0.3) is 0 Å². The first-order valence-corrected chi connectivity index (χ1v) is 8.02. The molecular weight excluding hydrogens is 410 g/mol. The van der Waals surface area contributed by atoms with Gasteiger partial charge in [0, 0.05) is 16.1 Å². The van der Waals surface area contributed by atoms with Crippen molar-refractivity contribution in [2.75, 3.05) is 0 Å². The monoisotopic (exact) mass is 421 g/mol. The number of aliphatic carboxylic acids is 1. The van der Waals surface area contributed by atoms with E-state index in [9.17, 15) is 20.1 Å². The van der Waals surface area contributed by atoms with Gasteiger partial charge in [-0.25, -0.2) is 4.79 Å². The molecule has 0 radical (unpaired) electrons. The smallest absolute Gasteiger partial charge is 0.335 e. The van der Waals surface area contributed by atoms with Gasteiger partial charge in [0.2, 0.25) is 6.29 Å². The van der Waals surface area contributed by atoms with Crippen LogP contribution in [0.4, 0.5) is 0 Å². The van der Waals surface area contributed by atoms with Crippen molar-refractivity contribution in [3.8, 4) is 5.75 Å². The lowest BCUT2D eigenvalue weighted by molar-refractivity contribution is -0.270. The largest absolute Gasteiger partial charge is 0.479 e. The molecule has 2 heterocycles. The van der Waals surface area contributed by atoms with Gasteiger partial charge < -0.3 is 34.9 Å². The molecule has 0 bridgehead atoms. The Morgan fingerprint density at radius 3 is 2.62 bits per heavy atom. The lowest BCUT2D eigenvalue weighted by Gasteiger charge is -2.38. The van der Waals surface area contributed by atoms with Crippen molar-refractivity contribution in [3.63, 3.8) is 0 Å². The molecular formula is C14H13BrClNO7. The third-order valence-electron chi connectivity index (χ3n) is 3.74. The van der Waals surface area contributed by atoms with Crippen LogP contribution in [0.3, 0.4) is 0 Å². The van der Waals surface area contributed by atoms with Crippen LogP contribution in [0.15, 0.2) is 22.8 Å². The number of carboxylic acids is 1. The van der Waals surface area contributed by atoms with Gasteiger partial charge in [0.15, 0.2) is 6.10 Å². The number of benzene rings is 1. The molecule has 0 aliphatic carbocycles. The molecule has 1 aromatic carbocycles. The number of carbonyl (C=O) groups is 1.